The van der Waals surface area contributed by atoms with Crippen LogP contribution < -0.4 is 0 Å². The highest BCUT2D eigenvalue weighted by molar-refractivity contribution is 5.95. The molecule has 1 rings (SSSR count). The van der Waals surface area contributed by atoms with Gasteiger partial charge in [0, 0.05) is 19.2 Å². The number of hydrogen-bond acceptors (Lipinski definition) is 3. The van der Waals surface area contributed by atoms with Crippen molar-refractivity contribution in [3.05, 3.63) is 24.0 Å². The number of Topliss-reactive ketones (excluding diaryl/α,β-unsaturated/α-hetero) is 1. The molecule has 4 nitrogen and oxygen atoms in total. The molecule has 0 fully saturated rings. The molecule has 1 N–H and O–H groups in total. The zero-order chi connectivity index (χ0) is 11.1. The van der Waals surface area contributed by atoms with E-state index < -0.39 is 0 Å². The van der Waals surface area contributed by atoms with Crippen molar-refractivity contribution < 1.29 is 4.79 Å². The van der Waals surface area contributed by atoms with Gasteiger partial charge in [0.25, 0.3) is 0 Å². The number of ketones is 1. The monoisotopic (exact) mass is 205 g/mol. The van der Waals surface area contributed by atoms with E-state index in [0.717, 1.165) is 6.54 Å². The van der Waals surface area contributed by atoms with Crippen molar-refractivity contribution in [3.63, 3.8) is 0 Å². The maximum atomic E-state index is 11.7. The molecule has 0 bridgehead atoms. The van der Waals surface area contributed by atoms with Crippen LogP contribution in [0.3, 0.4) is 0 Å². The molecule has 0 saturated heterocycles. The fourth-order valence-corrected chi connectivity index (χ4v) is 1.35. The molecule has 1 aromatic rings. The fourth-order valence-electron chi connectivity index (χ4n) is 1.35. The normalized spacial score (nSPS) is 10.2. The molecule has 0 aromatic carbocycles. The number of rotatable bonds is 6. The summed E-state index contributed by atoms with van der Waals surface area (Å²) in [6.07, 6.45) is 2.20. The van der Waals surface area contributed by atoms with Crippen molar-refractivity contribution in [3.8, 4) is 6.07 Å². The van der Waals surface area contributed by atoms with Crippen LogP contribution in [0.1, 0.15) is 23.8 Å². The van der Waals surface area contributed by atoms with Crippen LogP contribution in [0.5, 0.6) is 0 Å². The Bertz CT molecular complexity index is 337. The van der Waals surface area contributed by atoms with Gasteiger partial charge in [0.15, 0.2) is 5.78 Å². The summed E-state index contributed by atoms with van der Waals surface area (Å²) in [5.74, 6) is 0.0692. The van der Waals surface area contributed by atoms with Crippen molar-refractivity contribution in [2.24, 2.45) is 0 Å². The second-order valence-corrected chi connectivity index (χ2v) is 3.28. The third kappa shape index (κ3) is 3.56. The number of H-pyrrole nitrogens is 1. The first-order chi connectivity index (χ1) is 7.27. The van der Waals surface area contributed by atoms with Gasteiger partial charge in [0.05, 0.1) is 18.3 Å². The molecule has 15 heavy (non-hydrogen) atoms. The predicted molar refractivity (Wildman–Crippen MR) is 57.5 cm³/mol. The standard InChI is InChI=1S/C11H15N3O/c1-2-14(8-4-6-12)9-11(15)10-5-3-7-13-10/h3,5,7,13H,2,4,8-9H2,1H3. The van der Waals surface area contributed by atoms with Gasteiger partial charge in [-0.2, -0.15) is 5.26 Å². The van der Waals surface area contributed by atoms with Crippen LogP contribution in [0.15, 0.2) is 18.3 Å². The van der Waals surface area contributed by atoms with Crippen LogP contribution in [0, 0.1) is 11.3 Å². The quantitative estimate of drug-likeness (QED) is 0.715. The van der Waals surface area contributed by atoms with Crippen molar-refractivity contribution in [2.45, 2.75) is 13.3 Å². The summed E-state index contributed by atoms with van der Waals surface area (Å²) in [6.45, 7) is 3.80. The van der Waals surface area contributed by atoms with Crippen LogP contribution in [-0.4, -0.2) is 35.3 Å². The molecule has 1 heterocycles. The van der Waals surface area contributed by atoms with E-state index in [1.807, 2.05) is 11.8 Å². The molecule has 0 radical (unpaired) electrons. The third-order valence-corrected chi connectivity index (χ3v) is 2.25. The topological polar surface area (TPSA) is 59.9 Å². The number of hydrogen-bond donors (Lipinski definition) is 1. The Morgan fingerprint density at radius 3 is 3.00 bits per heavy atom. The Labute approximate surface area is 89.5 Å². The lowest BCUT2D eigenvalue weighted by Crippen LogP contribution is -2.30. The van der Waals surface area contributed by atoms with E-state index in [2.05, 4.69) is 11.1 Å². The first-order valence-electron chi connectivity index (χ1n) is 5.03. The van der Waals surface area contributed by atoms with Crippen LogP contribution in [-0.2, 0) is 0 Å². The molecular weight excluding hydrogens is 190 g/mol. The third-order valence-electron chi connectivity index (χ3n) is 2.25. The zero-order valence-corrected chi connectivity index (χ0v) is 8.86. The second-order valence-electron chi connectivity index (χ2n) is 3.28. The van der Waals surface area contributed by atoms with Crippen molar-refractivity contribution in [1.82, 2.24) is 9.88 Å². The minimum Gasteiger partial charge on any atom is -0.359 e. The van der Waals surface area contributed by atoms with Gasteiger partial charge in [0.1, 0.15) is 0 Å². The Morgan fingerprint density at radius 1 is 1.67 bits per heavy atom. The highest BCUT2D eigenvalue weighted by atomic mass is 16.1. The average molecular weight is 205 g/mol. The molecule has 1 aromatic heterocycles. The molecule has 4 heteroatoms. The van der Waals surface area contributed by atoms with E-state index >= 15 is 0 Å². The summed E-state index contributed by atoms with van der Waals surface area (Å²) >= 11 is 0. The average Bonchev–Trinajstić information content (AvgIpc) is 2.77. The van der Waals surface area contributed by atoms with Crippen LogP contribution >= 0.6 is 0 Å². The molecule has 0 aliphatic heterocycles. The summed E-state index contributed by atoms with van der Waals surface area (Å²) in [7, 11) is 0. The van der Waals surface area contributed by atoms with Gasteiger partial charge in [-0.05, 0) is 18.7 Å². The van der Waals surface area contributed by atoms with Gasteiger partial charge in [-0.3, -0.25) is 9.69 Å². The number of carbonyl (C=O) groups excluding carboxylic acids is 1. The number of aromatic amines is 1. The lowest BCUT2D eigenvalue weighted by molar-refractivity contribution is 0.0931. The summed E-state index contributed by atoms with van der Waals surface area (Å²) in [4.78, 5) is 16.5. The maximum Gasteiger partial charge on any atom is 0.192 e. The summed E-state index contributed by atoms with van der Waals surface area (Å²) < 4.78 is 0. The van der Waals surface area contributed by atoms with Gasteiger partial charge in [-0.25, -0.2) is 0 Å². The van der Waals surface area contributed by atoms with Crippen molar-refractivity contribution >= 4 is 5.78 Å². The Hall–Kier alpha value is -1.60. The molecule has 0 amide bonds. The van der Waals surface area contributed by atoms with Gasteiger partial charge >= 0.3 is 0 Å². The number of likely N-dealkylation sites (N-methyl/N-ethyl adjacent to an activating group) is 1. The number of aromatic nitrogens is 1. The molecule has 0 saturated carbocycles. The minimum absolute atomic E-state index is 0.0692. The SMILES string of the molecule is CCN(CCC#N)CC(=O)c1ccc[nH]1. The molecule has 0 unspecified atom stereocenters. The van der Waals surface area contributed by atoms with E-state index in [4.69, 9.17) is 5.26 Å². The number of nitrogens with one attached hydrogen (secondary N) is 1. The van der Waals surface area contributed by atoms with Crippen LogP contribution in [0.2, 0.25) is 0 Å². The lowest BCUT2D eigenvalue weighted by Gasteiger charge is -2.17. The van der Waals surface area contributed by atoms with E-state index in [-0.39, 0.29) is 5.78 Å². The largest absolute Gasteiger partial charge is 0.359 e. The fraction of sp³-hybridized carbons (Fsp3) is 0.455. The highest BCUT2D eigenvalue weighted by Gasteiger charge is 2.11. The highest BCUT2D eigenvalue weighted by Crippen LogP contribution is 1.99. The van der Waals surface area contributed by atoms with E-state index in [1.54, 1.807) is 18.3 Å². The van der Waals surface area contributed by atoms with Crippen LogP contribution in [0.25, 0.3) is 0 Å². The van der Waals surface area contributed by atoms with Gasteiger partial charge in [-0.15, -0.1) is 0 Å². The minimum atomic E-state index is 0.0692. The van der Waals surface area contributed by atoms with Crippen molar-refractivity contribution in [2.75, 3.05) is 19.6 Å². The second kappa shape index (κ2) is 5.99. The predicted octanol–water partition coefficient (Wildman–Crippen LogP) is 1.43. The summed E-state index contributed by atoms with van der Waals surface area (Å²) in [5, 5.41) is 8.46. The lowest BCUT2D eigenvalue weighted by atomic mass is 10.2. The first-order valence-corrected chi connectivity index (χ1v) is 5.03. The number of nitriles is 1. The Morgan fingerprint density at radius 2 is 2.47 bits per heavy atom. The summed E-state index contributed by atoms with van der Waals surface area (Å²) in [6, 6.07) is 5.65. The van der Waals surface area contributed by atoms with Crippen LogP contribution in [0.4, 0.5) is 0 Å². The number of nitrogens with zero attached hydrogens (tertiary/aromatic N) is 2. The molecule has 80 valence electrons. The zero-order valence-electron chi connectivity index (χ0n) is 8.86. The number of carbonyl (C=O) groups is 1. The molecule has 0 aliphatic rings. The van der Waals surface area contributed by atoms with Gasteiger partial charge in [-0.1, -0.05) is 6.92 Å². The first kappa shape index (κ1) is 11.5. The Balaban J connectivity index is 2.45. The van der Waals surface area contributed by atoms with Crippen molar-refractivity contribution in [1.29, 1.82) is 5.26 Å². The molecule has 0 spiro atoms. The Kier molecular flexibility index (Phi) is 4.58. The summed E-state index contributed by atoms with van der Waals surface area (Å²) in [5.41, 5.74) is 0.630. The van der Waals surface area contributed by atoms with Gasteiger partial charge in [0.2, 0.25) is 0 Å². The van der Waals surface area contributed by atoms with E-state index in [1.165, 1.54) is 0 Å². The molecule has 0 atom stereocenters. The smallest absolute Gasteiger partial charge is 0.192 e. The molecule has 0 aliphatic carbocycles. The van der Waals surface area contributed by atoms with E-state index in [0.29, 0.717) is 25.2 Å². The molecular formula is C11H15N3O. The van der Waals surface area contributed by atoms with E-state index in [9.17, 15) is 4.79 Å². The maximum absolute atomic E-state index is 11.7. The van der Waals surface area contributed by atoms with Gasteiger partial charge < -0.3 is 4.98 Å².